The van der Waals surface area contributed by atoms with E-state index in [1.807, 2.05) is 6.92 Å². The maximum atomic E-state index is 12.4. The van der Waals surface area contributed by atoms with Crippen LogP contribution in [0.25, 0.3) is 0 Å². The molecule has 1 fully saturated rings. The predicted molar refractivity (Wildman–Crippen MR) is 80.0 cm³/mol. The van der Waals surface area contributed by atoms with Gasteiger partial charge in [0, 0.05) is 12.6 Å². The molecule has 1 aliphatic rings. The molecule has 6 nitrogen and oxygen atoms in total. The van der Waals surface area contributed by atoms with E-state index < -0.39 is 16.1 Å². The molecule has 1 aliphatic heterocycles. The minimum absolute atomic E-state index is 0.141. The molecular formula is C14H21N3O3S. The fraction of sp³-hybridized carbons (Fsp3) is 0.500. The van der Waals surface area contributed by atoms with Crippen LogP contribution < -0.4 is 15.8 Å². The first-order valence-corrected chi connectivity index (χ1v) is 8.58. The standard InChI is InChI=1S/C14H21N3O3S/c1-2-12(15)10-5-3-6-11(9-10)21(19,20)17-13-7-4-8-16-14(13)18/h3,5-6,9,12-13,17H,2,4,7-8,15H2,1H3,(H,16,18). The van der Waals surface area contributed by atoms with Gasteiger partial charge in [-0.3, -0.25) is 4.79 Å². The van der Waals surface area contributed by atoms with Crippen molar-refractivity contribution in [3.05, 3.63) is 29.8 Å². The van der Waals surface area contributed by atoms with Gasteiger partial charge in [0.1, 0.15) is 6.04 Å². The summed E-state index contributed by atoms with van der Waals surface area (Å²) < 4.78 is 27.2. The molecule has 0 aromatic heterocycles. The summed E-state index contributed by atoms with van der Waals surface area (Å²) in [5.74, 6) is -0.272. The number of hydrogen-bond acceptors (Lipinski definition) is 4. The Morgan fingerprint density at radius 3 is 2.90 bits per heavy atom. The van der Waals surface area contributed by atoms with Crippen LogP contribution in [0.4, 0.5) is 0 Å². The molecule has 2 atom stereocenters. The Kier molecular flexibility index (Phi) is 4.97. The lowest BCUT2D eigenvalue weighted by Gasteiger charge is -2.22. The normalized spacial score (nSPS) is 20.9. The van der Waals surface area contributed by atoms with Crippen LogP contribution >= 0.6 is 0 Å². The highest BCUT2D eigenvalue weighted by atomic mass is 32.2. The lowest BCUT2D eigenvalue weighted by Crippen LogP contribution is -2.50. The van der Waals surface area contributed by atoms with Crippen LogP contribution in [0, 0.1) is 0 Å². The average molecular weight is 311 g/mol. The van der Waals surface area contributed by atoms with Crippen molar-refractivity contribution in [2.75, 3.05) is 6.54 Å². The fourth-order valence-corrected chi connectivity index (χ4v) is 3.57. The number of rotatable bonds is 5. The quantitative estimate of drug-likeness (QED) is 0.743. The van der Waals surface area contributed by atoms with E-state index in [2.05, 4.69) is 10.0 Å². The molecule has 1 aromatic carbocycles. The first-order valence-electron chi connectivity index (χ1n) is 7.09. The molecule has 7 heteroatoms. The molecule has 0 spiro atoms. The van der Waals surface area contributed by atoms with Crippen molar-refractivity contribution in [3.63, 3.8) is 0 Å². The predicted octanol–water partition coefficient (Wildman–Crippen LogP) is 0.653. The molecule has 21 heavy (non-hydrogen) atoms. The Hall–Kier alpha value is -1.44. The van der Waals surface area contributed by atoms with E-state index in [0.29, 0.717) is 13.0 Å². The third-order valence-electron chi connectivity index (χ3n) is 3.62. The van der Waals surface area contributed by atoms with E-state index >= 15 is 0 Å². The Morgan fingerprint density at radius 1 is 1.48 bits per heavy atom. The van der Waals surface area contributed by atoms with Gasteiger partial charge < -0.3 is 11.1 Å². The average Bonchev–Trinajstić information content (AvgIpc) is 2.49. The molecule has 116 valence electrons. The zero-order valence-corrected chi connectivity index (χ0v) is 12.8. The molecule has 1 saturated heterocycles. The number of benzene rings is 1. The van der Waals surface area contributed by atoms with Crippen molar-refractivity contribution in [2.45, 2.75) is 43.2 Å². The third kappa shape index (κ3) is 3.81. The van der Waals surface area contributed by atoms with E-state index in [0.717, 1.165) is 18.4 Å². The second kappa shape index (κ2) is 6.55. The summed E-state index contributed by atoms with van der Waals surface area (Å²) in [5, 5.41) is 2.66. The maximum Gasteiger partial charge on any atom is 0.241 e. The molecule has 0 aliphatic carbocycles. The van der Waals surface area contributed by atoms with Crippen LogP contribution in [0.3, 0.4) is 0 Å². The van der Waals surface area contributed by atoms with Crippen molar-refractivity contribution in [1.29, 1.82) is 0 Å². The minimum Gasteiger partial charge on any atom is -0.355 e. The number of nitrogens with one attached hydrogen (secondary N) is 2. The number of carbonyl (C=O) groups is 1. The van der Waals surface area contributed by atoms with Gasteiger partial charge in [-0.2, -0.15) is 4.72 Å². The molecule has 1 aromatic rings. The highest BCUT2D eigenvalue weighted by molar-refractivity contribution is 7.89. The van der Waals surface area contributed by atoms with Gasteiger partial charge in [-0.1, -0.05) is 19.1 Å². The summed E-state index contributed by atoms with van der Waals surface area (Å²) >= 11 is 0. The van der Waals surface area contributed by atoms with Gasteiger partial charge in [-0.25, -0.2) is 8.42 Å². The molecular weight excluding hydrogens is 290 g/mol. The lowest BCUT2D eigenvalue weighted by molar-refractivity contribution is -0.124. The lowest BCUT2D eigenvalue weighted by atomic mass is 10.1. The van der Waals surface area contributed by atoms with Crippen molar-refractivity contribution >= 4 is 15.9 Å². The Labute approximate surface area is 125 Å². The smallest absolute Gasteiger partial charge is 0.241 e. The van der Waals surface area contributed by atoms with Crippen LogP contribution in [0.5, 0.6) is 0 Å². The van der Waals surface area contributed by atoms with Gasteiger partial charge in [-0.15, -0.1) is 0 Å². The molecule has 0 saturated carbocycles. The van der Waals surface area contributed by atoms with Crippen molar-refractivity contribution in [3.8, 4) is 0 Å². The van der Waals surface area contributed by atoms with Crippen molar-refractivity contribution in [2.24, 2.45) is 5.73 Å². The SMILES string of the molecule is CCC(N)c1cccc(S(=O)(=O)NC2CCCNC2=O)c1. The summed E-state index contributed by atoms with van der Waals surface area (Å²) in [7, 11) is -3.72. The van der Waals surface area contributed by atoms with Gasteiger partial charge in [0.25, 0.3) is 0 Å². The number of hydrogen-bond donors (Lipinski definition) is 3. The first-order chi connectivity index (χ1) is 9.94. The van der Waals surface area contributed by atoms with E-state index in [9.17, 15) is 13.2 Å². The number of piperidine rings is 1. The minimum atomic E-state index is -3.72. The number of nitrogens with two attached hydrogens (primary N) is 1. The number of carbonyl (C=O) groups excluding carboxylic acids is 1. The van der Waals surface area contributed by atoms with E-state index in [1.165, 1.54) is 6.07 Å². The van der Waals surface area contributed by atoms with Gasteiger partial charge >= 0.3 is 0 Å². The molecule has 0 radical (unpaired) electrons. The van der Waals surface area contributed by atoms with Crippen LogP contribution in [-0.4, -0.2) is 26.9 Å². The first kappa shape index (κ1) is 15.9. The number of amides is 1. The maximum absolute atomic E-state index is 12.4. The van der Waals surface area contributed by atoms with Crippen molar-refractivity contribution < 1.29 is 13.2 Å². The van der Waals surface area contributed by atoms with Crippen LogP contribution in [0.1, 0.15) is 37.8 Å². The Bertz CT molecular complexity index is 616. The fourth-order valence-electron chi connectivity index (χ4n) is 2.29. The Morgan fingerprint density at radius 2 is 2.24 bits per heavy atom. The monoisotopic (exact) mass is 311 g/mol. The van der Waals surface area contributed by atoms with Gasteiger partial charge in [0.15, 0.2) is 0 Å². The summed E-state index contributed by atoms with van der Waals surface area (Å²) in [6.45, 7) is 2.54. The van der Waals surface area contributed by atoms with Gasteiger partial charge in [0.05, 0.1) is 4.90 Å². The van der Waals surface area contributed by atoms with E-state index in [1.54, 1.807) is 18.2 Å². The molecule has 4 N–H and O–H groups in total. The van der Waals surface area contributed by atoms with E-state index in [4.69, 9.17) is 5.73 Å². The molecule has 2 unspecified atom stereocenters. The molecule has 1 heterocycles. The van der Waals surface area contributed by atoms with Crippen LogP contribution in [0.2, 0.25) is 0 Å². The van der Waals surface area contributed by atoms with Crippen LogP contribution in [-0.2, 0) is 14.8 Å². The second-order valence-electron chi connectivity index (χ2n) is 5.19. The van der Waals surface area contributed by atoms with Crippen molar-refractivity contribution in [1.82, 2.24) is 10.0 Å². The molecule has 1 amide bonds. The number of sulfonamides is 1. The van der Waals surface area contributed by atoms with E-state index in [-0.39, 0.29) is 16.8 Å². The summed E-state index contributed by atoms with van der Waals surface area (Å²) in [5.41, 5.74) is 6.71. The molecule has 2 rings (SSSR count). The third-order valence-corrected chi connectivity index (χ3v) is 5.09. The highest BCUT2D eigenvalue weighted by Crippen LogP contribution is 2.19. The Balaban J connectivity index is 2.21. The highest BCUT2D eigenvalue weighted by Gasteiger charge is 2.27. The molecule has 0 bridgehead atoms. The summed E-state index contributed by atoms with van der Waals surface area (Å²) in [6, 6.07) is 5.65. The largest absolute Gasteiger partial charge is 0.355 e. The summed E-state index contributed by atoms with van der Waals surface area (Å²) in [6.07, 6.45) is 2.00. The summed E-state index contributed by atoms with van der Waals surface area (Å²) in [4.78, 5) is 11.8. The van der Waals surface area contributed by atoms with Crippen LogP contribution in [0.15, 0.2) is 29.2 Å². The zero-order chi connectivity index (χ0) is 15.5. The second-order valence-corrected chi connectivity index (χ2v) is 6.91. The van der Waals surface area contributed by atoms with Gasteiger partial charge in [0.2, 0.25) is 15.9 Å². The van der Waals surface area contributed by atoms with Gasteiger partial charge in [-0.05, 0) is 37.0 Å². The topological polar surface area (TPSA) is 101 Å². The zero-order valence-electron chi connectivity index (χ0n) is 12.0.